The van der Waals surface area contributed by atoms with Gasteiger partial charge in [0.05, 0.1) is 12.8 Å². The molecule has 1 aromatic heterocycles. The molecule has 3 N–H and O–H groups in total. The van der Waals surface area contributed by atoms with Crippen molar-refractivity contribution in [1.29, 1.82) is 0 Å². The zero-order valence-corrected chi connectivity index (χ0v) is 11.3. The van der Waals surface area contributed by atoms with Crippen LogP contribution in [0, 0.1) is 0 Å². The van der Waals surface area contributed by atoms with Crippen LogP contribution in [0.2, 0.25) is 0 Å². The first-order chi connectivity index (χ1) is 8.54. The van der Waals surface area contributed by atoms with Gasteiger partial charge in [0.25, 0.3) is 0 Å². The molecule has 1 heterocycles. The minimum Gasteiger partial charge on any atom is -0.464 e. The van der Waals surface area contributed by atoms with Crippen molar-refractivity contribution in [2.75, 3.05) is 36.7 Å². The first-order valence-corrected chi connectivity index (χ1v) is 7.16. The molecule has 0 spiro atoms. The topological polar surface area (TPSA) is 94.3 Å². The number of nitrogens with one attached hydrogen (secondary N) is 1. The van der Waals surface area contributed by atoms with Crippen LogP contribution in [-0.2, 0) is 15.5 Å². The lowest BCUT2D eigenvalue weighted by Crippen LogP contribution is -2.12. The van der Waals surface area contributed by atoms with E-state index in [-0.39, 0.29) is 5.69 Å². The highest BCUT2D eigenvalue weighted by Crippen LogP contribution is 2.16. The Labute approximate surface area is 108 Å². The van der Waals surface area contributed by atoms with E-state index in [1.165, 1.54) is 13.2 Å². The number of methoxy groups -OCH3 is 1. The normalized spacial score (nSPS) is 11.9. The van der Waals surface area contributed by atoms with Gasteiger partial charge >= 0.3 is 5.97 Å². The summed E-state index contributed by atoms with van der Waals surface area (Å²) in [5.41, 5.74) is 6.40. The number of hydrogen-bond acceptors (Lipinski definition) is 6. The van der Waals surface area contributed by atoms with E-state index in [0.29, 0.717) is 23.8 Å². The summed E-state index contributed by atoms with van der Waals surface area (Å²) in [6, 6.07) is 3.10. The van der Waals surface area contributed by atoms with Gasteiger partial charge in [0.2, 0.25) is 0 Å². The van der Waals surface area contributed by atoms with Crippen molar-refractivity contribution in [3.63, 3.8) is 0 Å². The van der Waals surface area contributed by atoms with Crippen molar-refractivity contribution in [2.24, 2.45) is 0 Å². The van der Waals surface area contributed by atoms with E-state index < -0.39 is 16.8 Å². The number of aromatic nitrogens is 1. The lowest BCUT2D eigenvalue weighted by atomic mass is 10.3. The summed E-state index contributed by atoms with van der Waals surface area (Å²) >= 11 is 0. The molecular weight excluding hydrogens is 254 g/mol. The Morgan fingerprint density at radius 2 is 2.28 bits per heavy atom. The molecule has 0 saturated carbocycles. The molecule has 0 aliphatic carbocycles. The van der Waals surface area contributed by atoms with Gasteiger partial charge in [0.15, 0.2) is 5.69 Å². The van der Waals surface area contributed by atoms with E-state index >= 15 is 0 Å². The van der Waals surface area contributed by atoms with Crippen molar-refractivity contribution in [2.45, 2.75) is 6.42 Å². The highest BCUT2D eigenvalue weighted by molar-refractivity contribution is 7.84. The van der Waals surface area contributed by atoms with E-state index in [0.717, 1.165) is 6.42 Å². The van der Waals surface area contributed by atoms with Crippen LogP contribution in [0.5, 0.6) is 0 Å². The highest BCUT2D eigenvalue weighted by Gasteiger charge is 2.09. The van der Waals surface area contributed by atoms with Crippen LogP contribution >= 0.6 is 0 Å². The number of rotatable bonds is 6. The van der Waals surface area contributed by atoms with Gasteiger partial charge < -0.3 is 15.8 Å². The monoisotopic (exact) mass is 271 g/mol. The van der Waals surface area contributed by atoms with Gasteiger partial charge in [-0.3, -0.25) is 4.21 Å². The van der Waals surface area contributed by atoms with Gasteiger partial charge in [0.1, 0.15) is 5.82 Å². The van der Waals surface area contributed by atoms with Gasteiger partial charge in [-0.05, 0) is 18.6 Å². The van der Waals surface area contributed by atoms with E-state index in [4.69, 9.17) is 5.73 Å². The molecule has 100 valence electrons. The summed E-state index contributed by atoms with van der Waals surface area (Å²) in [4.78, 5) is 15.4. The Morgan fingerprint density at radius 1 is 1.56 bits per heavy atom. The maximum atomic E-state index is 11.3. The first kappa shape index (κ1) is 14.4. The quantitative estimate of drug-likeness (QED) is 0.582. The molecule has 0 amide bonds. The number of hydrogen-bond donors (Lipinski definition) is 2. The Bertz CT molecular complexity index is 451. The van der Waals surface area contributed by atoms with Gasteiger partial charge in [-0.25, -0.2) is 9.78 Å². The summed E-state index contributed by atoms with van der Waals surface area (Å²) in [6.07, 6.45) is 2.40. The molecule has 0 aliphatic heterocycles. The van der Waals surface area contributed by atoms with Crippen LogP contribution in [0.25, 0.3) is 0 Å². The summed E-state index contributed by atoms with van der Waals surface area (Å²) in [5, 5.41) is 3.01. The van der Waals surface area contributed by atoms with Crippen molar-refractivity contribution in [3.05, 3.63) is 17.8 Å². The summed E-state index contributed by atoms with van der Waals surface area (Å²) in [6.45, 7) is 0.599. The fourth-order valence-corrected chi connectivity index (χ4v) is 1.86. The average molecular weight is 271 g/mol. The second-order valence-corrected chi connectivity index (χ2v) is 5.24. The fraction of sp³-hybridized carbons (Fsp3) is 0.455. The molecule has 0 aromatic carbocycles. The molecule has 1 atom stereocenters. The predicted molar refractivity (Wildman–Crippen MR) is 72.0 cm³/mol. The first-order valence-electron chi connectivity index (χ1n) is 5.43. The molecular formula is C11H17N3O3S. The second kappa shape index (κ2) is 6.95. The molecule has 0 fully saturated rings. The van der Waals surface area contributed by atoms with Crippen molar-refractivity contribution < 1.29 is 13.7 Å². The molecule has 1 unspecified atom stereocenters. The minimum atomic E-state index is -0.808. The molecule has 7 heteroatoms. The molecule has 6 nitrogen and oxygen atoms in total. The zero-order chi connectivity index (χ0) is 13.5. The maximum Gasteiger partial charge on any atom is 0.356 e. The number of pyridine rings is 1. The number of ether oxygens (including phenoxy) is 1. The van der Waals surface area contributed by atoms with E-state index in [1.54, 1.807) is 12.3 Å². The van der Waals surface area contributed by atoms with Crippen LogP contribution in [-0.4, -0.2) is 40.8 Å². The maximum absolute atomic E-state index is 11.3. The number of nitrogens with two attached hydrogens (primary N) is 1. The van der Waals surface area contributed by atoms with Gasteiger partial charge in [-0.15, -0.1) is 0 Å². The number of nitrogens with zero attached hydrogens (tertiary/aromatic N) is 1. The summed E-state index contributed by atoms with van der Waals surface area (Å²) < 4.78 is 15.5. The lowest BCUT2D eigenvalue weighted by molar-refractivity contribution is 0.0594. The number of nitrogen functional groups attached to an aromatic ring is 1. The lowest BCUT2D eigenvalue weighted by Gasteiger charge is -2.09. The average Bonchev–Trinajstić information content (AvgIpc) is 2.35. The fourth-order valence-electron chi connectivity index (χ4n) is 1.31. The molecule has 0 aliphatic rings. The predicted octanol–water partition coefficient (Wildman–Crippen LogP) is 0.631. The highest BCUT2D eigenvalue weighted by atomic mass is 32.2. The smallest absolute Gasteiger partial charge is 0.356 e. The molecule has 18 heavy (non-hydrogen) atoms. The minimum absolute atomic E-state index is 0.202. The van der Waals surface area contributed by atoms with E-state index in [1.807, 2.05) is 0 Å². The third kappa shape index (κ3) is 4.33. The van der Waals surface area contributed by atoms with Crippen LogP contribution < -0.4 is 11.1 Å². The van der Waals surface area contributed by atoms with E-state index in [2.05, 4.69) is 15.0 Å². The van der Waals surface area contributed by atoms with Crippen LogP contribution in [0.4, 0.5) is 11.5 Å². The Kier molecular flexibility index (Phi) is 5.57. The summed E-state index contributed by atoms with van der Waals surface area (Å²) in [7, 11) is 0.488. The number of carbonyl (C=O) groups is 1. The molecule has 0 radical (unpaired) electrons. The van der Waals surface area contributed by atoms with Crippen molar-refractivity contribution in [3.8, 4) is 0 Å². The SMILES string of the molecule is COC(=O)c1ccc(N)c(NCCCS(C)=O)n1. The Morgan fingerprint density at radius 3 is 2.89 bits per heavy atom. The Hall–Kier alpha value is -1.63. The zero-order valence-electron chi connectivity index (χ0n) is 10.4. The summed E-state index contributed by atoms with van der Waals surface area (Å²) in [5.74, 6) is 0.552. The second-order valence-electron chi connectivity index (χ2n) is 3.68. The largest absolute Gasteiger partial charge is 0.464 e. The van der Waals surface area contributed by atoms with Crippen LogP contribution in [0.1, 0.15) is 16.9 Å². The van der Waals surface area contributed by atoms with Crippen molar-refractivity contribution in [1.82, 2.24) is 4.98 Å². The van der Waals surface area contributed by atoms with E-state index in [9.17, 15) is 9.00 Å². The Balaban J connectivity index is 2.64. The number of esters is 1. The molecule has 0 saturated heterocycles. The number of carbonyl (C=O) groups excluding carboxylic acids is 1. The van der Waals surface area contributed by atoms with Crippen LogP contribution in [0.15, 0.2) is 12.1 Å². The molecule has 1 aromatic rings. The van der Waals surface area contributed by atoms with Gasteiger partial charge in [-0.2, -0.15) is 0 Å². The third-order valence-corrected chi connectivity index (χ3v) is 3.09. The van der Waals surface area contributed by atoms with Gasteiger partial charge in [0, 0.05) is 29.4 Å². The van der Waals surface area contributed by atoms with Crippen molar-refractivity contribution >= 4 is 28.3 Å². The standard InChI is InChI=1S/C11H17N3O3S/c1-17-11(15)9-5-4-8(12)10(14-9)13-6-3-7-18(2)16/h4-5H,3,6-7,12H2,1-2H3,(H,13,14). The third-order valence-electron chi connectivity index (χ3n) is 2.22. The van der Waals surface area contributed by atoms with Crippen LogP contribution in [0.3, 0.4) is 0 Å². The van der Waals surface area contributed by atoms with Gasteiger partial charge in [-0.1, -0.05) is 0 Å². The molecule has 1 rings (SSSR count). The number of anilines is 2. The molecule has 0 bridgehead atoms.